The van der Waals surface area contributed by atoms with E-state index in [4.69, 9.17) is 0 Å². The molecule has 0 aliphatic heterocycles. The Hall–Kier alpha value is -2.01. The molecule has 0 spiro atoms. The van der Waals surface area contributed by atoms with Gasteiger partial charge in [-0.05, 0) is 37.6 Å². The van der Waals surface area contributed by atoms with Crippen molar-refractivity contribution in [2.24, 2.45) is 0 Å². The largest absolute Gasteiger partial charge is 0.507 e. The first-order valence-corrected chi connectivity index (χ1v) is 7.16. The van der Waals surface area contributed by atoms with Crippen molar-refractivity contribution in [2.75, 3.05) is 0 Å². The molecular formula is C14H14O4S. The van der Waals surface area contributed by atoms with E-state index < -0.39 is 9.84 Å². The smallest absolute Gasteiger partial charge is 0.210 e. The summed E-state index contributed by atoms with van der Waals surface area (Å²) >= 11 is 0. The molecule has 0 heterocycles. The number of hydrogen-bond acceptors (Lipinski definition) is 4. The first-order chi connectivity index (χ1) is 8.85. The van der Waals surface area contributed by atoms with Crippen molar-refractivity contribution in [1.29, 1.82) is 0 Å². The molecule has 0 fully saturated rings. The Morgan fingerprint density at radius 1 is 1.00 bits per heavy atom. The van der Waals surface area contributed by atoms with Gasteiger partial charge in [-0.15, -0.1) is 0 Å². The van der Waals surface area contributed by atoms with Crippen molar-refractivity contribution in [2.45, 2.75) is 23.6 Å². The highest BCUT2D eigenvalue weighted by atomic mass is 32.2. The highest BCUT2D eigenvalue weighted by molar-refractivity contribution is 7.91. The van der Waals surface area contributed by atoms with Gasteiger partial charge in [-0.1, -0.05) is 18.2 Å². The van der Waals surface area contributed by atoms with Gasteiger partial charge < -0.3 is 10.2 Å². The molecule has 0 saturated carbocycles. The third kappa shape index (κ3) is 2.17. The van der Waals surface area contributed by atoms with Crippen LogP contribution in [0.25, 0.3) is 0 Å². The van der Waals surface area contributed by atoms with Crippen LogP contribution in [0.4, 0.5) is 0 Å². The minimum atomic E-state index is -3.85. The molecule has 0 atom stereocenters. The summed E-state index contributed by atoms with van der Waals surface area (Å²) in [4.78, 5) is -0.168. The number of hydrogen-bond donors (Lipinski definition) is 2. The normalized spacial score (nSPS) is 11.5. The summed E-state index contributed by atoms with van der Waals surface area (Å²) in [5.74, 6) is -0.469. The summed E-state index contributed by atoms with van der Waals surface area (Å²) in [6.45, 7) is 3.07. The van der Waals surface area contributed by atoms with Crippen molar-refractivity contribution in [1.82, 2.24) is 0 Å². The summed E-state index contributed by atoms with van der Waals surface area (Å²) in [6, 6.07) is 9.06. The highest BCUT2D eigenvalue weighted by Gasteiger charge is 2.26. The van der Waals surface area contributed by atoms with Crippen molar-refractivity contribution in [3.8, 4) is 11.5 Å². The highest BCUT2D eigenvalue weighted by Crippen LogP contribution is 2.37. The van der Waals surface area contributed by atoms with E-state index in [0.717, 1.165) is 0 Å². The Kier molecular flexibility index (Phi) is 3.24. The second-order valence-corrected chi connectivity index (χ2v) is 6.22. The fourth-order valence-electron chi connectivity index (χ4n) is 1.99. The van der Waals surface area contributed by atoms with Crippen molar-refractivity contribution in [3.63, 3.8) is 0 Å². The van der Waals surface area contributed by atoms with Crippen LogP contribution >= 0.6 is 0 Å². The van der Waals surface area contributed by atoms with Crippen LogP contribution in [0.2, 0.25) is 0 Å². The van der Waals surface area contributed by atoms with Gasteiger partial charge in [0.1, 0.15) is 16.4 Å². The average Bonchev–Trinajstić information content (AvgIpc) is 2.37. The van der Waals surface area contributed by atoms with Gasteiger partial charge >= 0.3 is 0 Å². The van der Waals surface area contributed by atoms with Crippen LogP contribution in [0.15, 0.2) is 46.2 Å². The monoisotopic (exact) mass is 278 g/mol. The Morgan fingerprint density at radius 3 is 2.16 bits per heavy atom. The quantitative estimate of drug-likeness (QED) is 0.828. The van der Waals surface area contributed by atoms with Gasteiger partial charge in [0.05, 0.1) is 4.90 Å². The molecule has 2 N–H and O–H groups in total. The minimum absolute atomic E-state index is 0.0802. The van der Waals surface area contributed by atoms with E-state index in [1.807, 2.05) is 0 Å². The predicted molar refractivity (Wildman–Crippen MR) is 71.1 cm³/mol. The molecule has 19 heavy (non-hydrogen) atoms. The number of aromatic hydroxyl groups is 2. The summed E-state index contributed by atoms with van der Waals surface area (Å²) in [6.07, 6.45) is 0. The summed E-state index contributed by atoms with van der Waals surface area (Å²) in [7, 11) is -3.85. The van der Waals surface area contributed by atoms with E-state index in [0.29, 0.717) is 5.56 Å². The molecule has 0 aliphatic carbocycles. The maximum atomic E-state index is 12.5. The second-order valence-electron chi connectivity index (χ2n) is 4.33. The SMILES string of the molecule is Cc1cc(O)c(S(=O)(=O)c2ccccc2)c(C)c1O. The van der Waals surface area contributed by atoms with Crippen LogP contribution in [0.1, 0.15) is 11.1 Å². The Labute approximate surface area is 111 Å². The molecule has 0 unspecified atom stereocenters. The van der Waals surface area contributed by atoms with Crippen LogP contribution in [0.5, 0.6) is 11.5 Å². The standard InChI is InChI=1S/C14H14O4S/c1-9-8-12(15)14(10(2)13(9)16)19(17,18)11-6-4-3-5-7-11/h3-8,15-16H,1-2H3. The Morgan fingerprint density at radius 2 is 1.58 bits per heavy atom. The first-order valence-electron chi connectivity index (χ1n) is 5.68. The van der Waals surface area contributed by atoms with Gasteiger partial charge in [0.25, 0.3) is 0 Å². The second kappa shape index (κ2) is 4.59. The van der Waals surface area contributed by atoms with Gasteiger partial charge in [0.2, 0.25) is 9.84 Å². The van der Waals surface area contributed by atoms with E-state index >= 15 is 0 Å². The van der Waals surface area contributed by atoms with E-state index in [9.17, 15) is 18.6 Å². The van der Waals surface area contributed by atoms with Crippen molar-refractivity contribution < 1.29 is 18.6 Å². The van der Waals surface area contributed by atoms with E-state index in [1.54, 1.807) is 25.1 Å². The maximum absolute atomic E-state index is 12.5. The lowest BCUT2D eigenvalue weighted by atomic mass is 10.1. The lowest BCUT2D eigenvalue weighted by molar-refractivity contribution is 0.438. The number of rotatable bonds is 2. The maximum Gasteiger partial charge on any atom is 0.210 e. The third-order valence-electron chi connectivity index (χ3n) is 2.98. The molecule has 2 rings (SSSR count). The van der Waals surface area contributed by atoms with Gasteiger partial charge in [0.15, 0.2) is 0 Å². The number of sulfone groups is 1. The molecule has 0 bridgehead atoms. The molecule has 0 amide bonds. The minimum Gasteiger partial charge on any atom is -0.507 e. The van der Waals surface area contributed by atoms with Gasteiger partial charge in [0, 0.05) is 5.56 Å². The zero-order valence-corrected chi connectivity index (χ0v) is 11.4. The zero-order chi connectivity index (χ0) is 14.2. The molecule has 0 radical (unpaired) electrons. The fourth-order valence-corrected chi connectivity index (χ4v) is 3.58. The molecule has 5 heteroatoms. The number of phenolic OH excluding ortho intramolecular Hbond substituents is 2. The molecule has 4 nitrogen and oxygen atoms in total. The molecular weight excluding hydrogens is 264 g/mol. The fraction of sp³-hybridized carbons (Fsp3) is 0.143. The molecule has 0 saturated heterocycles. The van der Waals surface area contributed by atoms with Crippen LogP contribution in [0.3, 0.4) is 0 Å². The number of phenols is 2. The van der Waals surface area contributed by atoms with E-state index in [1.165, 1.54) is 25.1 Å². The van der Waals surface area contributed by atoms with Gasteiger partial charge in [-0.25, -0.2) is 8.42 Å². The van der Waals surface area contributed by atoms with Crippen molar-refractivity contribution >= 4 is 9.84 Å². The van der Waals surface area contributed by atoms with Crippen LogP contribution < -0.4 is 0 Å². The first kappa shape index (κ1) is 13.4. The van der Waals surface area contributed by atoms with Crippen LogP contribution in [0, 0.1) is 13.8 Å². The molecule has 0 aromatic heterocycles. The summed E-state index contributed by atoms with van der Waals surface area (Å²) < 4.78 is 24.9. The third-order valence-corrected chi connectivity index (χ3v) is 4.92. The summed E-state index contributed by atoms with van der Waals surface area (Å²) in [5, 5.41) is 19.7. The molecule has 2 aromatic carbocycles. The molecule has 0 aliphatic rings. The summed E-state index contributed by atoms with van der Waals surface area (Å²) in [5.41, 5.74) is 0.586. The zero-order valence-electron chi connectivity index (χ0n) is 10.6. The van der Waals surface area contributed by atoms with Gasteiger partial charge in [-0.2, -0.15) is 0 Å². The lowest BCUT2D eigenvalue weighted by Gasteiger charge is -2.13. The predicted octanol–water partition coefficient (Wildman–Crippen LogP) is 2.55. The van der Waals surface area contributed by atoms with Crippen LogP contribution in [-0.4, -0.2) is 18.6 Å². The van der Waals surface area contributed by atoms with Crippen LogP contribution in [-0.2, 0) is 9.84 Å². The molecule has 2 aromatic rings. The Bertz CT molecular complexity index is 719. The van der Waals surface area contributed by atoms with E-state index in [-0.39, 0.29) is 26.9 Å². The number of aryl methyl sites for hydroxylation is 1. The Balaban J connectivity index is 2.77. The topological polar surface area (TPSA) is 74.6 Å². The lowest BCUT2D eigenvalue weighted by Crippen LogP contribution is -2.05. The van der Waals surface area contributed by atoms with Gasteiger partial charge in [-0.3, -0.25) is 0 Å². The van der Waals surface area contributed by atoms with E-state index in [2.05, 4.69) is 0 Å². The average molecular weight is 278 g/mol. The van der Waals surface area contributed by atoms with Crippen molar-refractivity contribution in [3.05, 3.63) is 47.5 Å². The molecule has 100 valence electrons. The number of benzene rings is 2.